The van der Waals surface area contributed by atoms with Crippen LogP contribution in [0.2, 0.25) is 0 Å². The van der Waals surface area contributed by atoms with E-state index in [-0.39, 0.29) is 18.7 Å². The lowest BCUT2D eigenvalue weighted by atomic mass is 10.0. The standard InChI is InChI=1S/C16H19F2NO3/c1-22-16(21)14-4-2-3-9-19(14)15(20)8-6-11-5-7-12(17)10-13(11)18/h5,7,10,14H,2-4,6,8-9H2,1H3. The van der Waals surface area contributed by atoms with Gasteiger partial charge in [0, 0.05) is 19.0 Å². The van der Waals surface area contributed by atoms with E-state index in [1.165, 1.54) is 24.1 Å². The molecule has 0 aromatic heterocycles. The fourth-order valence-corrected chi connectivity index (χ4v) is 2.72. The summed E-state index contributed by atoms with van der Waals surface area (Å²) in [6.45, 7) is 0.504. The van der Waals surface area contributed by atoms with Crippen LogP contribution in [0.5, 0.6) is 0 Å². The van der Waals surface area contributed by atoms with Crippen LogP contribution in [0, 0.1) is 11.6 Å². The Morgan fingerprint density at radius 2 is 2.09 bits per heavy atom. The highest BCUT2D eigenvalue weighted by Crippen LogP contribution is 2.20. The number of rotatable bonds is 4. The quantitative estimate of drug-likeness (QED) is 0.803. The van der Waals surface area contributed by atoms with E-state index in [1.807, 2.05) is 0 Å². The molecule has 4 nitrogen and oxygen atoms in total. The first-order valence-corrected chi connectivity index (χ1v) is 7.34. The molecule has 1 heterocycles. The molecule has 22 heavy (non-hydrogen) atoms. The summed E-state index contributed by atoms with van der Waals surface area (Å²) in [6, 6.07) is 2.76. The van der Waals surface area contributed by atoms with Crippen LogP contribution in [0.3, 0.4) is 0 Å². The average Bonchev–Trinajstić information content (AvgIpc) is 2.53. The number of amides is 1. The zero-order valence-corrected chi connectivity index (χ0v) is 12.5. The Hall–Kier alpha value is -1.98. The summed E-state index contributed by atoms with van der Waals surface area (Å²) in [7, 11) is 1.30. The molecule has 120 valence electrons. The number of esters is 1. The Morgan fingerprint density at radius 3 is 2.77 bits per heavy atom. The van der Waals surface area contributed by atoms with Crippen molar-refractivity contribution in [3.63, 3.8) is 0 Å². The number of nitrogens with zero attached hydrogens (tertiary/aromatic N) is 1. The highest BCUT2D eigenvalue weighted by atomic mass is 19.1. The summed E-state index contributed by atoms with van der Waals surface area (Å²) in [6.07, 6.45) is 2.55. The molecule has 6 heteroatoms. The van der Waals surface area contributed by atoms with Crippen LogP contribution < -0.4 is 0 Å². The van der Waals surface area contributed by atoms with Gasteiger partial charge in [-0.2, -0.15) is 0 Å². The zero-order chi connectivity index (χ0) is 16.1. The monoisotopic (exact) mass is 311 g/mol. The van der Waals surface area contributed by atoms with Crippen LogP contribution in [0.15, 0.2) is 18.2 Å². The molecule has 2 rings (SSSR count). The molecule has 1 unspecified atom stereocenters. The van der Waals surface area contributed by atoms with Crippen molar-refractivity contribution in [3.05, 3.63) is 35.4 Å². The predicted octanol–water partition coefficient (Wildman–Crippen LogP) is 2.45. The minimum Gasteiger partial charge on any atom is -0.467 e. The van der Waals surface area contributed by atoms with Gasteiger partial charge in [-0.1, -0.05) is 6.07 Å². The normalized spacial score (nSPS) is 18.1. The first-order chi connectivity index (χ1) is 10.5. The largest absolute Gasteiger partial charge is 0.467 e. The maximum atomic E-state index is 13.6. The van der Waals surface area contributed by atoms with E-state index in [0.717, 1.165) is 18.9 Å². The fraction of sp³-hybridized carbons (Fsp3) is 0.500. The number of methoxy groups -OCH3 is 1. The zero-order valence-electron chi connectivity index (χ0n) is 12.5. The van der Waals surface area contributed by atoms with Crippen molar-refractivity contribution in [2.75, 3.05) is 13.7 Å². The van der Waals surface area contributed by atoms with Gasteiger partial charge in [0.1, 0.15) is 17.7 Å². The van der Waals surface area contributed by atoms with Gasteiger partial charge in [-0.05, 0) is 37.3 Å². The molecule has 1 atom stereocenters. The van der Waals surface area contributed by atoms with Gasteiger partial charge >= 0.3 is 5.97 Å². The summed E-state index contributed by atoms with van der Waals surface area (Å²) in [5, 5.41) is 0. The van der Waals surface area contributed by atoms with Crippen molar-refractivity contribution in [1.82, 2.24) is 4.90 Å². The molecule has 0 radical (unpaired) electrons. The highest BCUT2D eigenvalue weighted by Gasteiger charge is 2.32. The van der Waals surface area contributed by atoms with E-state index < -0.39 is 23.6 Å². The number of carbonyl (C=O) groups is 2. The molecular weight excluding hydrogens is 292 g/mol. The third-order valence-electron chi connectivity index (χ3n) is 3.92. The minimum atomic E-state index is -0.657. The Bertz CT molecular complexity index is 562. The SMILES string of the molecule is COC(=O)C1CCCCN1C(=O)CCc1ccc(F)cc1F. The summed E-state index contributed by atoms with van der Waals surface area (Å²) in [5.41, 5.74) is 0.293. The molecule has 0 saturated carbocycles. The number of piperidine rings is 1. The predicted molar refractivity (Wildman–Crippen MR) is 76.0 cm³/mol. The van der Waals surface area contributed by atoms with Gasteiger partial charge in [-0.3, -0.25) is 4.79 Å². The molecule has 1 aromatic carbocycles. The third-order valence-corrected chi connectivity index (χ3v) is 3.92. The number of hydrogen-bond acceptors (Lipinski definition) is 3. The van der Waals surface area contributed by atoms with E-state index in [9.17, 15) is 18.4 Å². The molecule has 1 aliphatic heterocycles. The van der Waals surface area contributed by atoms with Crippen molar-refractivity contribution >= 4 is 11.9 Å². The molecule has 1 saturated heterocycles. The number of halogens is 2. The van der Waals surface area contributed by atoms with E-state index in [1.54, 1.807) is 0 Å². The molecule has 1 aliphatic rings. The van der Waals surface area contributed by atoms with E-state index in [2.05, 4.69) is 0 Å². The van der Waals surface area contributed by atoms with Crippen molar-refractivity contribution in [2.24, 2.45) is 0 Å². The number of benzene rings is 1. The molecule has 0 bridgehead atoms. The van der Waals surface area contributed by atoms with Crippen LogP contribution in [0.4, 0.5) is 8.78 Å². The van der Waals surface area contributed by atoms with Crippen LogP contribution in [-0.2, 0) is 20.7 Å². The van der Waals surface area contributed by atoms with Gasteiger partial charge in [0.05, 0.1) is 7.11 Å². The summed E-state index contributed by atoms with van der Waals surface area (Å²) >= 11 is 0. The summed E-state index contributed by atoms with van der Waals surface area (Å²) < 4.78 is 31.1. The van der Waals surface area contributed by atoms with Gasteiger partial charge in [-0.15, -0.1) is 0 Å². The second-order valence-corrected chi connectivity index (χ2v) is 5.36. The lowest BCUT2D eigenvalue weighted by Crippen LogP contribution is -2.48. The lowest BCUT2D eigenvalue weighted by Gasteiger charge is -2.33. The lowest BCUT2D eigenvalue weighted by molar-refractivity contribution is -0.154. The molecular formula is C16H19F2NO3. The summed E-state index contributed by atoms with van der Waals surface area (Å²) in [5.74, 6) is -1.93. The van der Waals surface area contributed by atoms with Crippen LogP contribution >= 0.6 is 0 Å². The van der Waals surface area contributed by atoms with Crippen molar-refractivity contribution < 1.29 is 23.1 Å². The van der Waals surface area contributed by atoms with Gasteiger partial charge in [-0.25, -0.2) is 13.6 Å². The topological polar surface area (TPSA) is 46.6 Å². The first kappa shape index (κ1) is 16.4. The van der Waals surface area contributed by atoms with Gasteiger partial charge in [0.25, 0.3) is 0 Å². The number of hydrogen-bond donors (Lipinski definition) is 0. The number of likely N-dealkylation sites (tertiary alicyclic amines) is 1. The van der Waals surface area contributed by atoms with Crippen molar-refractivity contribution in [1.29, 1.82) is 0 Å². The molecule has 1 fully saturated rings. The van der Waals surface area contributed by atoms with Crippen molar-refractivity contribution in [3.8, 4) is 0 Å². The second kappa shape index (κ2) is 7.33. The Kier molecular flexibility index (Phi) is 5.46. The molecule has 0 aliphatic carbocycles. The van der Waals surface area contributed by atoms with Crippen LogP contribution in [-0.4, -0.2) is 36.5 Å². The maximum absolute atomic E-state index is 13.6. The minimum absolute atomic E-state index is 0.0794. The molecule has 1 aromatic rings. The fourth-order valence-electron chi connectivity index (χ4n) is 2.72. The molecule has 1 amide bonds. The third kappa shape index (κ3) is 3.81. The van der Waals surface area contributed by atoms with E-state index in [0.29, 0.717) is 18.5 Å². The van der Waals surface area contributed by atoms with Crippen molar-refractivity contribution in [2.45, 2.75) is 38.1 Å². The Balaban J connectivity index is 1.99. The number of ether oxygens (including phenoxy) is 1. The summed E-state index contributed by atoms with van der Waals surface area (Å²) in [4.78, 5) is 25.5. The maximum Gasteiger partial charge on any atom is 0.328 e. The Morgan fingerprint density at radius 1 is 1.32 bits per heavy atom. The van der Waals surface area contributed by atoms with E-state index >= 15 is 0 Å². The molecule has 0 N–H and O–H groups in total. The number of carbonyl (C=O) groups excluding carboxylic acids is 2. The highest BCUT2D eigenvalue weighted by molar-refractivity contribution is 5.84. The van der Waals surface area contributed by atoms with Crippen LogP contribution in [0.1, 0.15) is 31.2 Å². The second-order valence-electron chi connectivity index (χ2n) is 5.36. The van der Waals surface area contributed by atoms with Gasteiger partial charge in [0.2, 0.25) is 5.91 Å². The van der Waals surface area contributed by atoms with Gasteiger partial charge < -0.3 is 9.64 Å². The van der Waals surface area contributed by atoms with Gasteiger partial charge in [0.15, 0.2) is 0 Å². The number of aryl methyl sites for hydroxylation is 1. The van der Waals surface area contributed by atoms with E-state index in [4.69, 9.17) is 4.74 Å². The first-order valence-electron chi connectivity index (χ1n) is 7.34. The Labute approximate surface area is 128 Å². The van der Waals surface area contributed by atoms with Crippen LogP contribution in [0.25, 0.3) is 0 Å². The molecule has 0 spiro atoms. The average molecular weight is 311 g/mol. The smallest absolute Gasteiger partial charge is 0.328 e.